The largest absolute Gasteiger partial charge is 0.480 e. The molecule has 104 valence electrons. The summed E-state index contributed by atoms with van der Waals surface area (Å²) in [6, 6.07) is -1.32. The summed E-state index contributed by atoms with van der Waals surface area (Å²) in [6.07, 6.45) is 2.86. The Balaban J connectivity index is 2.50. The van der Waals surface area contributed by atoms with E-state index in [1.807, 2.05) is 0 Å². The van der Waals surface area contributed by atoms with Gasteiger partial charge in [0.15, 0.2) is 0 Å². The first kappa shape index (κ1) is 14.9. The van der Waals surface area contributed by atoms with Gasteiger partial charge < -0.3 is 20.8 Å². The molecule has 1 rings (SSSR count). The number of amides is 1. The van der Waals surface area contributed by atoms with Crippen molar-refractivity contribution in [3.8, 4) is 0 Å². The maximum absolute atomic E-state index is 11.9. The lowest BCUT2D eigenvalue weighted by Gasteiger charge is -2.29. The van der Waals surface area contributed by atoms with Crippen molar-refractivity contribution in [1.29, 1.82) is 0 Å². The van der Waals surface area contributed by atoms with Gasteiger partial charge >= 0.3 is 5.97 Å². The lowest BCUT2D eigenvalue weighted by atomic mass is 9.90. The van der Waals surface area contributed by atoms with E-state index in [1.54, 1.807) is 0 Å². The number of carboxylic acid groups (broad SMARTS) is 1. The fourth-order valence-corrected chi connectivity index (χ4v) is 2.23. The van der Waals surface area contributed by atoms with Gasteiger partial charge in [-0.3, -0.25) is 4.79 Å². The number of aliphatic carboxylic acids is 1. The fourth-order valence-electron chi connectivity index (χ4n) is 2.23. The predicted molar refractivity (Wildman–Crippen MR) is 66.1 cm³/mol. The molecule has 1 aliphatic heterocycles. The molecule has 1 saturated heterocycles. The normalized spacial score (nSPS) is 25.4. The van der Waals surface area contributed by atoms with Gasteiger partial charge in [-0.15, -0.1) is 0 Å². The van der Waals surface area contributed by atoms with Crippen LogP contribution in [-0.4, -0.2) is 47.3 Å². The summed E-state index contributed by atoms with van der Waals surface area (Å²) in [7, 11) is 0. The number of rotatable bonds is 6. The lowest BCUT2D eigenvalue weighted by molar-refractivity contribution is -0.142. The first-order chi connectivity index (χ1) is 8.58. The highest BCUT2D eigenvalue weighted by Gasteiger charge is 2.28. The summed E-state index contributed by atoms with van der Waals surface area (Å²) in [5.74, 6) is -0.877. The summed E-state index contributed by atoms with van der Waals surface area (Å²) < 4.78 is 0. The number of nitrogens with one attached hydrogen (secondary N) is 2. The highest BCUT2D eigenvalue weighted by molar-refractivity contribution is 5.87. The second kappa shape index (κ2) is 7.33. The molecule has 0 aromatic carbocycles. The van der Waals surface area contributed by atoms with Crippen LogP contribution in [0.15, 0.2) is 0 Å². The summed E-state index contributed by atoms with van der Waals surface area (Å²) in [6.45, 7) is 2.62. The van der Waals surface area contributed by atoms with E-state index in [-0.39, 0.29) is 25.0 Å². The maximum Gasteiger partial charge on any atom is 0.326 e. The molecule has 3 atom stereocenters. The molecule has 1 aliphatic rings. The number of carbonyl (C=O) groups is 2. The smallest absolute Gasteiger partial charge is 0.326 e. The van der Waals surface area contributed by atoms with Crippen LogP contribution in [0.2, 0.25) is 0 Å². The molecular formula is C12H22N2O4. The van der Waals surface area contributed by atoms with E-state index < -0.39 is 12.0 Å². The zero-order chi connectivity index (χ0) is 13.5. The van der Waals surface area contributed by atoms with Crippen molar-refractivity contribution in [3.63, 3.8) is 0 Å². The molecule has 0 spiro atoms. The minimum absolute atomic E-state index is 0.0327. The molecule has 0 bridgehead atoms. The van der Waals surface area contributed by atoms with E-state index in [1.165, 1.54) is 0 Å². The summed E-state index contributed by atoms with van der Waals surface area (Å²) in [5.41, 5.74) is 0. The van der Waals surface area contributed by atoms with E-state index >= 15 is 0 Å². The van der Waals surface area contributed by atoms with Crippen LogP contribution in [0.25, 0.3) is 0 Å². The van der Waals surface area contributed by atoms with Crippen LogP contribution < -0.4 is 10.6 Å². The van der Waals surface area contributed by atoms with Crippen molar-refractivity contribution in [2.45, 2.75) is 44.7 Å². The molecule has 6 heteroatoms. The van der Waals surface area contributed by atoms with E-state index in [0.717, 1.165) is 25.8 Å². The predicted octanol–water partition coefficient (Wildman–Crippen LogP) is -0.284. The van der Waals surface area contributed by atoms with Gasteiger partial charge in [0.1, 0.15) is 6.04 Å². The van der Waals surface area contributed by atoms with E-state index in [9.17, 15) is 9.59 Å². The second-order valence-electron chi connectivity index (χ2n) is 4.72. The Hall–Kier alpha value is -1.14. The Morgan fingerprint density at radius 2 is 2.22 bits per heavy atom. The Bertz CT molecular complexity index is 296. The molecule has 4 N–H and O–H groups in total. The minimum atomic E-state index is -1.11. The van der Waals surface area contributed by atoms with Crippen molar-refractivity contribution < 1.29 is 19.8 Å². The molecule has 6 nitrogen and oxygen atoms in total. The van der Waals surface area contributed by atoms with Gasteiger partial charge in [0.05, 0.1) is 6.04 Å². The summed E-state index contributed by atoms with van der Waals surface area (Å²) in [5, 5.41) is 23.2. The number of carboxylic acids is 1. The van der Waals surface area contributed by atoms with Gasteiger partial charge in [0, 0.05) is 13.0 Å². The molecule has 1 fully saturated rings. The quantitative estimate of drug-likeness (QED) is 0.525. The molecule has 0 saturated carbocycles. The van der Waals surface area contributed by atoms with Gasteiger partial charge in [0.2, 0.25) is 5.91 Å². The molecule has 18 heavy (non-hydrogen) atoms. The molecule has 2 unspecified atom stereocenters. The SMILES string of the molecule is CCC1CCNC(C(=O)N[C@@H](CCO)C(=O)O)C1. The Morgan fingerprint density at radius 1 is 1.50 bits per heavy atom. The monoisotopic (exact) mass is 258 g/mol. The van der Waals surface area contributed by atoms with Crippen molar-refractivity contribution in [1.82, 2.24) is 10.6 Å². The molecule has 0 aromatic heterocycles. The average molecular weight is 258 g/mol. The van der Waals surface area contributed by atoms with Crippen LogP contribution >= 0.6 is 0 Å². The zero-order valence-electron chi connectivity index (χ0n) is 10.7. The van der Waals surface area contributed by atoms with E-state index in [0.29, 0.717) is 5.92 Å². The first-order valence-electron chi connectivity index (χ1n) is 6.45. The summed E-state index contributed by atoms with van der Waals surface area (Å²) >= 11 is 0. The Morgan fingerprint density at radius 3 is 2.78 bits per heavy atom. The molecule has 0 aromatic rings. The standard InChI is InChI=1S/C12H22N2O4/c1-2-8-3-5-13-10(7-8)11(16)14-9(4-6-15)12(17)18/h8-10,13,15H,2-7H2,1H3,(H,14,16)(H,17,18)/t8?,9-,10?/m0/s1. The average Bonchev–Trinajstić information content (AvgIpc) is 2.38. The van der Waals surface area contributed by atoms with Crippen molar-refractivity contribution in [2.75, 3.05) is 13.2 Å². The van der Waals surface area contributed by atoms with E-state index in [2.05, 4.69) is 17.6 Å². The molecule has 1 heterocycles. The van der Waals surface area contributed by atoms with E-state index in [4.69, 9.17) is 10.2 Å². The summed E-state index contributed by atoms with van der Waals surface area (Å²) in [4.78, 5) is 22.8. The van der Waals surface area contributed by atoms with Gasteiger partial charge in [-0.25, -0.2) is 4.79 Å². The number of aliphatic hydroxyl groups is 1. The second-order valence-corrected chi connectivity index (χ2v) is 4.72. The molecule has 0 radical (unpaired) electrons. The number of hydrogen-bond acceptors (Lipinski definition) is 4. The van der Waals surface area contributed by atoms with Crippen LogP contribution in [-0.2, 0) is 9.59 Å². The van der Waals surface area contributed by atoms with Crippen molar-refractivity contribution >= 4 is 11.9 Å². The number of piperidine rings is 1. The van der Waals surface area contributed by atoms with Crippen LogP contribution in [0.5, 0.6) is 0 Å². The topological polar surface area (TPSA) is 98.7 Å². The third-order valence-electron chi connectivity index (χ3n) is 3.44. The van der Waals surface area contributed by atoms with Crippen molar-refractivity contribution in [2.24, 2.45) is 5.92 Å². The van der Waals surface area contributed by atoms with Crippen molar-refractivity contribution in [3.05, 3.63) is 0 Å². The molecular weight excluding hydrogens is 236 g/mol. The lowest BCUT2D eigenvalue weighted by Crippen LogP contribution is -2.53. The fraction of sp³-hybridized carbons (Fsp3) is 0.833. The minimum Gasteiger partial charge on any atom is -0.480 e. The highest BCUT2D eigenvalue weighted by Crippen LogP contribution is 2.19. The number of aliphatic hydroxyl groups excluding tert-OH is 1. The Kier molecular flexibility index (Phi) is 6.07. The first-order valence-corrected chi connectivity index (χ1v) is 6.45. The zero-order valence-corrected chi connectivity index (χ0v) is 10.7. The van der Waals surface area contributed by atoms with Gasteiger partial charge in [-0.05, 0) is 25.3 Å². The Labute approximate surface area is 107 Å². The highest BCUT2D eigenvalue weighted by atomic mass is 16.4. The molecule has 0 aliphatic carbocycles. The van der Waals surface area contributed by atoms with Crippen LogP contribution in [0.1, 0.15) is 32.6 Å². The van der Waals surface area contributed by atoms with Crippen LogP contribution in [0, 0.1) is 5.92 Å². The number of carbonyl (C=O) groups excluding carboxylic acids is 1. The van der Waals surface area contributed by atoms with Gasteiger partial charge in [0.25, 0.3) is 0 Å². The molecule has 1 amide bonds. The maximum atomic E-state index is 11.9. The third-order valence-corrected chi connectivity index (χ3v) is 3.44. The van der Waals surface area contributed by atoms with Crippen LogP contribution in [0.4, 0.5) is 0 Å². The number of hydrogen-bond donors (Lipinski definition) is 4. The van der Waals surface area contributed by atoms with Gasteiger partial charge in [-0.2, -0.15) is 0 Å². The third kappa shape index (κ3) is 4.27. The van der Waals surface area contributed by atoms with Crippen LogP contribution in [0.3, 0.4) is 0 Å². The van der Waals surface area contributed by atoms with Gasteiger partial charge in [-0.1, -0.05) is 13.3 Å².